The third-order valence-electron chi connectivity index (χ3n) is 7.92. The van der Waals surface area contributed by atoms with Crippen molar-refractivity contribution >= 4 is 0 Å². The minimum atomic E-state index is -0.375. The molecule has 1 aliphatic heterocycles. The van der Waals surface area contributed by atoms with E-state index >= 15 is 0 Å². The molecule has 1 N–H and O–H groups in total. The Morgan fingerprint density at radius 2 is 1.29 bits per heavy atom. The average Bonchev–Trinajstić information content (AvgIpc) is 3.24. The Bertz CT molecular complexity index is 1260. The summed E-state index contributed by atoms with van der Waals surface area (Å²) in [6.45, 7) is 21.5. The zero-order valence-electron chi connectivity index (χ0n) is 28.0. The first kappa shape index (κ1) is 35.3. The van der Waals surface area contributed by atoms with Crippen LogP contribution < -0.4 is 0 Å². The maximum absolute atomic E-state index is 10.4. The van der Waals surface area contributed by atoms with Crippen LogP contribution in [0.15, 0.2) is 130 Å². The minimum absolute atomic E-state index is 0.0390. The van der Waals surface area contributed by atoms with Crippen LogP contribution in [0, 0.1) is 5.41 Å². The molecule has 0 unspecified atom stereocenters. The molecule has 42 heavy (non-hydrogen) atoms. The minimum Gasteiger partial charge on any atom is -0.393 e. The standard InChI is InChI=1S/C40H56O2/c1-30(2)17-13-20-33(5)22-15-24-34(6)23-14-21-31(3)18-11-12-19-32(4)25-16-26-35(7)37-27-38-39(8,9)28-36(41)29-40(38,10)42-37/h11-12,14-19,21-27,36-37,41H,13,20,28-29H2,1-10H3/b12-11+,21-14+,24-15+,25-16+,31-18+,32-19+,33-22+,34-23+,35-26+/t36-,37-,40+/m0/s1. The van der Waals surface area contributed by atoms with Crippen LogP contribution in [0.5, 0.6) is 0 Å². The number of hydrogen-bond donors (Lipinski definition) is 1. The molecular formula is C40H56O2. The molecule has 2 heteroatoms. The lowest BCUT2D eigenvalue weighted by Gasteiger charge is -2.44. The first-order valence-corrected chi connectivity index (χ1v) is 15.5. The summed E-state index contributed by atoms with van der Waals surface area (Å²) in [5, 5.41) is 10.4. The molecular weight excluding hydrogens is 512 g/mol. The van der Waals surface area contributed by atoms with Crippen LogP contribution >= 0.6 is 0 Å². The molecule has 0 bridgehead atoms. The van der Waals surface area contributed by atoms with E-state index in [0.29, 0.717) is 6.42 Å². The molecule has 1 aliphatic carbocycles. The summed E-state index contributed by atoms with van der Waals surface area (Å²) in [4.78, 5) is 0. The molecule has 1 heterocycles. The van der Waals surface area contributed by atoms with Crippen molar-refractivity contribution in [3.05, 3.63) is 130 Å². The lowest BCUT2D eigenvalue weighted by molar-refractivity contribution is -0.0683. The SMILES string of the molecule is CC(C)=CCC/C(C)=C/C=C/C(C)=C/C=C/C(C)=C/C=C/C=C(C)/C=C/C=C(\C)[C@@H]1C=C2C(C)(C)C[C@H](O)C[C@@]2(C)O1. The van der Waals surface area contributed by atoms with Crippen LogP contribution in [0.25, 0.3) is 0 Å². The van der Waals surface area contributed by atoms with Crippen molar-refractivity contribution in [3.8, 4) is 0 Å². The summed E-state index contributed by atoms with van der Waals surface area (Å²) >= 11 is 0. The highest BCUT2D eigenvalue weighted by Crippen LogP contribution is 2.52. The lowest BCUT2D eigenvalue weighted by Crippen LogP contribution is -2.45. The monoisotopic (exact) mass is 568 g/mol. The van der Waals surface area contributed by atoms with Gasteiger partial charge in [-0.3, -0.25) is 0 Å². The van der Waals surface area contributed by atoms with Crippen molar-refractivity contribution in [1.29, 1.82) is 0 Å². The van der Waals surface area contributed by atoms with Crippen molar-refractivity contribution < 1.29 is 9.84 Å². The van der Waals surface area contributed by atoms with Gasteiger partial charge in [-0.1, -0.05) is 127 Å². The summed E-state index contributed by atoms with van der Waals surface area (Å²) in [6, 6.07) is 0. The normalized spacial score (nSPS) is 26.2. The molecule has 0 aromatic carbocycles. The predicted molar refractivity (Wildman–Crippen MR) is 184 cm³/mol. The fourth-order valence-corrected chi connectivity index (χ4v) is 5.67. The molecule has 1 saturated carbocycles. The zero-order chi connectivity index (χ0) is 31.3. The second-order valence-corrected chi connectivity index (χ2v) is 13.2. The molecule has 0 aromatic heterocycles. The smallest absolute Gasteiger partial charge is 0.0982 e. The van der Waals surface area contributed by atoms with E-state index in [-0.39, 0.29) is 23.2 Å². The molecule has 1 fully saturated rings. The van der Waals surface area contributed by atoms with Gasteiger partial charge in [-0.25, -0.2) is 0 Å². The quantitative estimate of drug-likeness (QED) is 0.187. The molecule has 0 spiro atoms. The van der Waals surface area contributed by atoms with Crippen LogP contribution in [-0.4, -0.2) is 22.9 Å². The van der Waals surface area contributed by atoms with Gasteiger partial charge in [0.05, 0.1) is 17.8 Å². The summed E-state index contributed by atoms with van der Waals surface area (Å²) < 4.78 is 6.46. The van der Waals surface area contributed by atoms with Crippen molar-refractivity contribution in [2.75, 3.05) is 0 Å². The van der Waals surface area contributed by atoms with Gasteiger partial charge >= 0.3 is 0 Å². The molecule has 0 amide bonds. The Kier molecular flexibility index (Phi) is 14.0. The predicted octanol–water partition coefficient (Wildman–Crippen LogP) is 11.0. The third kappa shape index (κ3) is 12.1. The third-order valence-corrected chi connectivity index (χ3v) is 7.92. The van der Waals surface area contributed by atoms with E-state index in [1.165, 1.54) is 39.0 Å². The van der Waals surface area contributed by atoms with Crippen molar-refractivity contribution in [3.63, 3.8) is 0 Å². The first-order valence-electron chi connectivity index (χ1n) is 15.5. The van der Waals surface area contributed by atoms with Gasteiger partial charge in [0, 0.05) is 6.42 Å². The van der Waals surface area contributed by atoms with Gasteiger partial charge in [-0.15, -0.1) is 0 Å². The maximum atomic E-state index is 10.4. The Labute approximate surface area is 257 Å². The molecule has 2 nitrogen and oxygen atoms in total. The van der Waals surface area contributed by atoms with Gasteiger partial charge < -0.3 is 9.84 Å². The second kappa shape index (κ2) is 16.6. The molecule has 228 valence electrons. The van der Waals surface area contributed by atoms with Gasteiger partial charge in [-0.2, -0.15) is 0 Å². The van der Waals surface area contributed by atoms with Crippen LogP contribution in [-0.2, 0) is 4.74 Å². The number of rotatable bonds is 12. The van der Waals surface area contributed by atoms with Crippen LogP contribution in [0.3, 0.4) is 0 Å². The van der Waals surface area contributed by atoms with E-state index in [1.807, 2.05) is 0 Å². The average molecular weight is 569 g/mol. The topological polar surface area (TPSA) is 29.5 Å². The van der Waals surface area contributed by atoms with E-state index in [4.69, 9.17) is 4.74 Å². The van der Waals surface area contributed by atoms with Crippen LogP contribution in [0.2, 0.25) is 0 Å². The van der Waals surface area contributed by atoms with Gasteiger partial charge in [0.25, 0.3) is 0 Å². The molecule has 2 rings (SSSR count). The van der Waals surface area contributed by atoms with E-state index < -0.39 is 0 Å². The fraction of sp³-hybridized carbons (Fsp3) is 0.450. The summed E-state index contributed by atoms with van der Waals surface area (Å²) in [5.41, 5.74) is 8.48. The highest BCUT2D eigenvalue weighted by atomic mass is 16.5. The highest BCUT2D eigenvalue weighted by molar-refractivity contribution is 5.37. The second-order valence-electron chi connectivity index (χ2n) is 13.2. The number of hydrogen-bond acceptors (Lipinski definition) is 2. The van der Waals surface area contributed by atoms with Crippen molar-refractivity contribution in [1.82, 2.24) is 0 Å². The summed E-state index contributed by atoms with van der Waals surface area (Å²) in [6.07, 6.45) is 35.5. The number of ether oxygens (including phenoxy) is 1. The Morgan fingerprint density at radius 1 is 0.762 bits per heavy atom. The van der Waals surface area contributed by atoms with E-state index in [9.17, 15) is 5.11 Å². The summed E-state index contributed by atoms with van der Waals surface area (Å²) in [7, 11) is 0. The molecule has 0 radical (unpaired) electrons. The molecule has 3 atom stereocenters. The zero-order valence-corrected chi connectivity index (χ0v) is 28.0. The van der Waals surface area contributed by atoms with Crippen molar-refractivity contribution in [2.45, 2.75) is 113 Å². The van der Waals surface area contributed by atoms with Crippen LogP contribution in [0.1, 0.15) is 94.9 Å². The maximum Gasteiger partial charge on any atom is 0.0982 e. The van der Waals surface area contributed by atoms with Gasteiger partial charge in [-0.05, 0) is 97.3 Å². The number of aliphatic hydroxyl groups is 1. The molecule has 0 aromatic rings. The number of allylic oxidation sites excluding steroid dienone is 19. The number of fused-ring (bicyclic) bond motifs is 1. The largest absolute Gasteiger partial charge is 0.393 e. The molecule has 0 saturated heterocycles. The Morgan fingerprint density at radius 3 is 1.86 bits per heavy atom. The molecule has 2 aliphatic rings. The van der Waals surface area contributed by atoms with Gasteiger partial charge in [0.1, 0.15) is 0 Å². The Hall–Kier alpha value is -2.94. The lowest BCUT2D eigenvalue weighted by atomic mass is 9.65. The summed E-state index contributed by atoms with van der Waals surface area (Å²) in [5.74, 6) is 0. The van der Waals surface area contributed by atoms with Gasteiger partial charge in [0.2, 0.25) is 0 Å². The fourth-order valence-electron chi connectivity index (χ4n) is 5.67. The first-order chi connectivity index (χ1) is 19.7. The highest BCUT2D eigenvalue weighted by Gasteiger charge is 2.50. The number of aliphatic hydroxyl groups excluding tert-OH is 1. The Balaban J connectivity index is 1.86. The van der Waals surface area contributed by atoms with Crippen molar-refractivity contribution in [2.24, 2.45) is 5.41 Å². The van der Waals surface area contributed by atoms with E-state index in [1.54, 1.807) is 0 Å². The van der Waals surface area contributed by atoms with Crippen LogP contribution in [0.4, 0.5) is 0 Å². The van der Waals surface area contributed by atoms with E-state index in [0.717, 1.165) is 19.3 Å². The van der Waals surface area contributed by atoms with E-state index in [2.05, 4.69) is 160 Å². The van der Waals surface area contributed by atoms with Gasteiger partial charge in [0.15, 0.2) is 0 Å².